The molecule has 4 nitrogen and oxygen atoms in total. The number of rotatable bonds is 4. The highest BCUT2D eigenvalue weighted by molar-refractivity contribution is 7.99. The molecule has 0 aliphatic rings. The van der Waals surface area contributed by atoms with Crippen LogP contribution in [0.1, 0.15) is 0 Å². The molecule has 18 heavy (non-hydrogen) atoms. The topological polar surface area (TPSA) is 68.9 Å². The Morgan fingerprint density at radius 1 is 1.28 bits per heavy atom. The molecule has 0 saturated carbocycles. The van der Waals surface area contributed by atoms with E-state index in [9.17, 15) is 9.18 Å². The van der Waals surface area contributed by atoms with Gasteiger partial charge in [-0.3, -0.25) is 4.79 Å². The average molecular weight is 263 g/mol. The lowest BCUT2D eigenvalue weighted by Gasteiger charge is -2.02. The van der Waals surface area contributed by atoms with Crippen molar-refractivity contribution >= 4 is 17.7 Å². The highest BCUT2D eigenvalue weighted by Gasteiger charge is 2.04. The van der Waals surface area contributed by atoms with E-state index in [0.717, 1.165) is 5.56 Å². The van der Waals surface area contributed by atoms with E-state index in [0.29, 0.717) is 10.9 Å². The van der Waals surface area contributed by atoms with Gasteiger partial charge in [-0.2, -0.15) is 0 Å². The number of carbonyl (C=O) groups excluding carboxylic acids is 1. The predicted molar refractivity (Wildman–Crippen MR) is 67.3 cm³/mol. The normalized spacial score (nSPS) is 10.3. The first kappa shape index (κ1) is 12.5. The molecule has 0 atom stereocenters. The maximum Gasteiger partial charge on any atom is 0.227 e. The molecule has 1 aromatic heterocycles. The van der Waals surface area contributed by atoms with Gasteiger partial charge in [0.2, 0.25) is 5.91 Å². The van der Waals surface area contributed by atoms with Crippen LogP contribution in [0, 0.1) is 5.82 Å². The molecular formula is C12H10FN3OS. The van der Waals surface area contributed by atoms with Crippen LogP contribution in [0.2, 0.25) is 0 Å². The Kier molecular flexibility index (Phi) is 3.88. The molecule has 2 N–H and O–H groups in total. The van der Waals surface area contributed by atoms with Gasteiger partial charge in [0.25, 0.3) is 0 Å². The van der Waals surface area contributed by atoms with Gasteiger partial charge in [0, 0.05) is 11.8 Å². The van der Waals surface area contributed by atoms with Crippen LogP contribution in [0.4, 0.5) is 4.39 Å². The number of hydrogen-bond donors (Lipinski definition) is 1. The molecule has 0 fully saturated rings. The van der Waals surface area contributed by atoms with Crippen molar-refractivity contribution in [2.75, 3.05) is 5.75 Å². The SMILES string of the molecule is NC(=O)CSc1nccc(-c2ccc(F)cc2)n1. The quantitative estimate of drug-likeness (QED) is 0.675. The predicted octanol–water partition coefficient (Wildman–Crippen LogP) is 1.86. The minimum atomic E-state index is -0.421. The molecule has 1 amide bonds. The fourth-order valence-electron chi connectivity index (χ4n) is 1.33. The van der Waals surface area contributed by atoms with Gasteiger partial charge in [0.15, 0.2) is 5.16 Å². The van der Waals surface area contributed by atoms with Gasteiger partial charge in [-0.15, -0.1) is 0 Å². The molecular weight excluding hydrogens is 253 g/mol. The van der Waals surface area contributed by atoms with Crippen LogP contribution < -0.4 is 5.73 Å². The van der Waals surface area contributed by atoms with E-state index in [1.807, 2.05) is 0 Å². The maximum atomic E-state index is 12.8. The molecule has 0 saturated heterocycles. The van der Waals surface area contributed by atoms with E-state index in [1.165, 1.54) is 23.9 Å². The van der Waals surface area contributed by atoms with Gasteiger partial charge in [0.05, 0.1) is 11.4 Å². The molecule has 2 aromatic rings. The number of halogens is 1. The number of nitrogens with zero attached hydrogens (tertiary/aromatic N) is 2. The summed E-state index contributed by atoms with van der Waals surface area (Å²) in [4.78, 5) is 19.0. The van der Waals surface area contributed by atoms with Gasteiger partial charge in [0.1, 0.15) is 5.82 Å². The largest absolute Gasteiger partial charge is 0.369 e. The Morgan fingerprint density at radius 2 is 2.00 bits per heavy atom. The highest BCUT2D eigenvalue weighted by atomic mass is 32.2. The summed E-state index contributed by atoms with van der Waals surface area (Å²) in [5.41, 5.74) is 6.52. The first-order valence-corrected chi connectivity index (χ1v) is 6.14. The zero-order valence-electron chi connectivity index (χ0n) is 9.34. The van der Waals surface area contributed by atoms with Crippen LogP contribution >= 0.6 is 11.8 Å². The minimum Gasteiger partial charge on any atom is -0.369 e. The van der Waals surface area contributed by atoms with Gasteiger partial charge >= 0.3 is 0 Å². The summed E-state index contributed by atoms with van der Waals surface area (Å²) in [6, 6.07) is 7.74. The number of aromatic nitrogens is 2. The average Bonchev–Trinajstić information content (AvgIpc) is 2.37. The Hall–Kier alpha value is -1.95. The van der Waals surface area contributed by atoms with Crippen LogP contribution in [0.25, 0.3) is 11.3 Å². The second kappa shape index (κ2) is 5.59. The van der Waals surface area contributed by atoms with Crippen molar-refractivity contribution in [2.45, 2.75) is 5.16 Å². The molecule has 0 unspecified atom stereocenters. The fourth-order valence-corrected chi connectivity index (χ4v) is 1.90. The van der Waals surface area contributed by atoms with Crippen LogP contribution in [0.3, 0.4) is 0 Å². The van der Waals surface area contributed by atoms with Crippen molar-refractivity contribution < 1.29 is 9.18 Å². The summed E-state index contributed by atoms with van der Waals surface area (Å²) in [7, 11) is 0. The zero-order chi connectivity index (χ0) is 13.0. The third-order valence-electron chi connectivity index (χ3n) is 2.12. The second-order valence-electron chi connectivity index (χ2n) is 3.49. The van der Waals surface area contributed by atoms with Crippen LogP contribution in [0.5, 0.6) is 0 Å². The molecule has 0 aliphatic carbocycles. The lowest BCUT2D eigenvalue weighted by molar-refractivity contribution is -0.115. The van der Waals surface area contributed by atoms with E-state index >= 15 is 0 Å². The Labute approximate surface area is 107 Å². The number of nitrogens with two attached hydrogens (primary N) is 1. The molecule has 1 aromatic carbocycles. The number of thioether (sulfide) groups is 1. The molecule has 0 aliphatic heterocycles. The third kappa shape index (κ3) is 3.27. The number of hydrogen-bond acceptors (Lipinski definition) is 4. The van der Waals surface area contributed by atoms with Gasteiger partial charge in [-0.25, -0.2) is 14.4 Å². The van der Waals surface area contributed by atoms with E-state index in [4.69, 9.17) is 5.73 Å². The van der Waals surface area contributed by atoms with E-state index in [-0.39, 0.29) is 11.6 Å². The molecule has 0 spiro atoms. The number of amides is 1. The molecule has 92 valence electrons. The minimum absolute atomic E-state index is 0.132. The van der Waals surface area contributed by atoms with Gasteiger partial charge < -0.3 is 5.73 Å². The molecule has 0 bridgehead atoms. The first-order valence-electron chi connectivity index (χ1n) is 5.15. The van der Waals surface area contributed by atoms with Crippen LogP contribution in [-0.4, -0.2) is 21.6 Å². The van der Waals surface area contributed by atoms with E-state index in [1.54, 1.807) is 24.4 Å². The van der Waals surface area contributed by atoms with Gasteiger partial charge in [-0.1, -0.05) is 11.8 Å². The van der Waals surface area contributed by atoms with Crippen molar-refractivity contribution in [3.63, 3.8) is 0 Å². The molecule has 2 rings (SSSR count). The van der Waals surface area contributed by atoms with Crippen molar-refractivity contribution in [3.05, 3.63) is 42.3 Å². The summed E-state index contributed by atoms with van der Waals surface area (Å²) in [5.74, 6) is -0.584. The third-order valence-corrected chi connectivity index (χ3v) is 3.00. The summed E-state index contributed by atoms with van der Waals surface area (Å²) in [6.07, 6.45) is 1.59. The first-order chi connectivity index (χ1) is 8.65. The van der Waals surface area contributed by atoms with Crippen molar-refractivity contribution in [2.24, 2.45) is 5.73 Å². The second-order valence-corrected chi connectivity index (χ2v) is 4.43. The van der Waals surface area contributed by atoms with Gasteiger partial charge in [-0.05, 0) is 30.3 Å². The van der Waals surface area contributed by atoms with E-state index < -0.39 is 5.91 Å². The maximum absolute atomic E-state index is 12.8. The summed E-state index contributed by atoms with van der Waals surface area (Å²) in [6.45, 7) is 0. The number of primary amides is 1. The Morgan fingerprint density at radius 3 is 2.67 bits per heavy atom. The lowest BCUT2D eigenvalue weighted by Crippen LogP contribution is -2.13. The Balaban J connectivity index is 2.21. The number of carbonyl (C=O) groups is 1. The van der Waals surface area contributed by atoms with Crippen LogP contribution in [0.15, 0.2) is 41.7 Å². The molecule has 1 heterocycles. The standard InChI is InChI=1S/C12H10FN3OS/c13-9-3-1-8(2-4-9)10-5-6-15-12(16-10)18-7-11(14)17/h1-6H,7H2,(H2,14,17). The summed E-state index contributed by atoms with van der Waals surface area (Å²) < 4.78 is 12.8. The number of benzene rings is 1. The highest BCUT2D eigenvalue weighted by Crippen LogP contribution is 2.20. The molecule has 0 radical (unpaired) electrons. The summed E-state index contributed by atoms with van der Waals surface area (Å²) >= 11 is 1.17. The van der Waals surface area contributed by atoms with Crippen molar-refractivity contribution in [1.29, 1.82) is 0 Å². The smallest absolute Gasteiger partial charge is 0.227 e. The fraction of sp³-hybridized carbons (Fsp3) is 0.0833. The molecule has 6 heteroatoms. The summed E-state index contributed by atoms with van der Waals surface area (Å²) in [5, 5.41) is 0.468. The van der Waals surface area contributed by atoms with Crippen molar-refractivity contribution in [3.8, 4) is 11.3 Å². The lowest BCUT2D eigenvalue weighted by atomic mass is 10.1. The van der Waals surface area contributed by atoms with Crippen molar-refractivity contribution in [1.82, 2.24) is 9.97 Å². The Bertz CT molecular complexity index is 560. The zero-order valence-corrected chi connectivity index (χ0v) is 10.2. The monoisotopic (exact) mass is 263 g/mol. The van der Waals surface area contributed by atoms with E-state index in [2.05, 4.69) is 9.97 Å². The van der Waals surface area contributed by atoms with Crippen LogP contribution in [-0.2, 0) is 4.79 Å².